The van der Waals surface area contributed by atoms with Crippen molar-refractivity contribution in [2.75, 3.05) is 13.7 Å². The van der Waals surface area contributed by atoms with E-state index in [0.717, 1.165) is 12.8 Å². The smallest absolute Gasteiger partial charge is 0.407 e. The highest BCUT2D eigenvalue weighted by Crippen LogP contribution is 1.95. The topological polar surface area (TPSA) is 64.3 Å². The number of carbonyl (C=O) groups is 1. The third-order valence-corrected chi connectivity index (χ3v) is 1.52. The van der Waals surface area contributed by atoms with Gasteiger partial charge in [-0.3, -0.25) is 0 Å². The lowest BCUT2D eigenvalue weighted by Gasteiger charge is -2.14. The maximum absolute atomic E-state index is 10.7. The van der Waals surface area contributed by atoms with Gasteiger partial charge in [-0.25, -0.2) is 4.79 Å². The summed E-state index contributed by atoms with van der Waals surface area (Å²) in [5.41, 5.74) is 5.33. The normalized spacial score (nSPS) is 12.3. The van der Waals surface area contributed by atoms with Crippen molar-refractivity contribution in [3.63, 3.8) is 0 Å². The molecule has 0 aliphatic rings. The summed E-state index contributed by atoms with van der Waals surface area (Å²) in [6.45, 7) is 2.58. The second-order valence-corrected chi connectivity index (χ2v) is 2.32. The molecule has 0 fully saturated rings. The Kier molecular flexibility index (Phi) is 5.56. The molecule has 0 saturated heterocycles. The van der Waals surface area contributed by atoms with Crippen LogP contribution in [0.3, 0.4) is 0 Å². The van der Waals surface area contributed by atoms with E-state index in [0.29, 0.717) is 6.54 Å². The van der Waals surface area contributed by atoms with Crippen molar-refractivity contribution < 1.29 is 9.53 Å². The fourth-order valence-electron chi connectivity index (χ4n) is 0.805. The first-order valence-corrected chi connectivity index (χ1v) is 3.79. The first-order valence-electron chi connectivity index (χ1n) is 3.79. The standard InChI is InChI=1S/C7H16N2O2/c1-3-6(4-5-8)9-7(10)11-2/h6H,3-5,8H2,1-2H3,(H,9,10). The minimum atomic E-state index is -0.384. The number of methoxy groups -OCH3 is 1. The first kappa shape index (κ1) is 10.2. The number of nitrogens with one attached hydrogen (secondary N) is 1. The molecular weight excluding hydrogens is 144 g/mol. The van der Waals surface area contributed by atoms with Crippen LogP contribution in [-0.4, -0.2) is 25.8 Å². The Morgan fingerprint density at radius 3 is 2.73 bits per heavy atom. The maximum Gasteiger partial charge on any atom is 0.407 e. The van der Waals surface area contributed by atoms with Gasteiger partial charge in [-0.15, -0.1) is 0 Å². The molecule has 0 aromatic carbocycles. The zero-order chi connectivity index (χ0) is 8.69. The lowest BCUT2D eigenvalue weighted by atomic mass is 10.1. The molecule has 0 aromatic rings. The zero-order valence-electron chi connectivity index (χ0n) is 7.09. The summed E-state index contributed by atoms with van der Waals surface area (Å²) in [5.74, 6) is 0. The SMILES string of the molecule is CCC(CCN)NC(=O)OC. The van der Waals surface area contributed by atoms with E-state index in [1.165, 1.54) is 7.11 Å². The second-order valence-electron chi connectivity index (χ2n) is 2.32. The molecule has 0 aliphatic carbocycles. The summed E-state index contributed by atoms with van der Waals surface area (Å²) < 4.78 is 4.44. The van der Waals surface area contributed by atoms with Crippen LogP contribution in [0.5, 0.6) is 0 Å². The Bertz CT molecular complexity index is 117. The van der Waals surface area contributed by atoms with E-state index in [4.69, 9.17) is 5.73 Å². The van der Waals surface area contributed by atoms with Gasteiger partial charge in [0.2, 0.25) is 0 Å². The Hall–Kier alpha value is -0.770. The highest BCUT2D eigenvalue weighted by molar-refractivity contribution is 5.67. The molecule has 4 heteroatoms. The maximum atomic E-state index is 10.7. The van der Waals surface area contributed by atoms with Crippen molar-refractivity contribution in [2.24, 2.45) is 5.73 Å². The van der Waals surface area contributed by atoms with Crippen LogP contribution < -0.4 is 11.1 Å². The predicted molar refractivity (Wildman–Crippen MR) is 43.3 cm³/mol. The Balaban J connectivity index is 3.58. The number of nitrogens with two attached hydrogens (primary N) is 1. The minimum absolute atomic E-state index is 0.146. The van der Waals surface area contributed by atoms with E-state index in [1.807, 2.05) is 6.92 Å². The molecule has 11 heavy (non-hydrogen) atoms. The number of ether oxygens (including phenoxy) is 1. The van der Waals surface area contributed by atoms with Crippen LogP contribution in [0.2, 0.25) is 0 Å². The van der Waals surface area contributed by atoms with Gasteiger partial charge < -0.3 is 15.8 Å². The predicted octanol–water partition coefficient (Wildman–Crippen LogP) is 0.470. The monoisotopic (exact) mass is 160 g/mol. The van der Waals surface area contributed by atoms with Crippen LogP contribution in [0.1, 0.15) is 19.8 Å². The Morgan fingerprint density at radius 2 is 2.36 bits per heavy atom. The average molecular weight is 160 g/mol. The second kappa shape index (κ2) is 5.97. The molecule has 1 amide bonds. The average Bonchev–Trinajstić information content (AvgIpc) is 2.03. The van der Waals surface area contributed by atoms with Crippen molar-refractivity contribution in [3.8, 4) is 0 Å². The third kappa shape index (κ3) is 4.61. The number of carbonyl (C=O) groups excluding carboxylic acids is 1. The van der Waals surface area contributed by atoms with Gasteiger partial charge in [0.25, 0.3) is 0 Å². The fourth-order valence-corrected chi connectivity index (χ4v) is 0.805. The lowest BCUT2D eigenvalue weighted by Crippen LogP contribution is -2.35. The number of amides is 1. The van der Waals surface area contributed by atoms with Gasteiger partial charge in [0.15, 0.2) is 0 Å². The quantitative estimate of drug-likeness (QED) is 0.628. The first-order chi connectivity index (χ1) is 5.24. The molecule has 0 rings (SSSR count). The summed E-state index contributed by atoms with van der Waals surface area (Å²) in [6, 6.07) is 0.146. The summed E-state index contributed by atoms with van der Waals surface area (Å²) in [5, 5.41) is 2.68. The molecule has 0 aliphatic heterocycles. The van der Waals surface area contributed by atoms with Gasteiger partial charge in [0.05, 0.1) is 7.11 Å². The number of alkyl carbamates (subject to hydrolysis) is 1. The molecule has 0 bridgehead atoms. The Labute approximate surface area is 67.1 Å². The number of hydrogen-bond donors (Lipinski definition) is 2. The van der Waals surface area contributed by atoms with E-state index < -0.39 is 0 Å². The molecular formula is C7H16N2O2. The van der Waals surface area contributed by atoms with Gasteiger partial charge in [-0.1, -0.05) is 6.92 Å². The zero-order valence-corrected chi connectivity index (χ0v) is 7.09. The van der Waals surface area contributed by atoms with E-state index in [9.17, 15) is 4.79 Å². The summed E-state index contributed by atoms with van der Waals surface area (Å²) in [7, 11) is 1.35. The lowest BCUT2D eigenvalue weighted by molar-refractivity contribution is 0.165. The van der Waals surface area contributed by atoms with Gasteiger partial charge in [-0.2, -0.15) is 0 Å². The highest BCUT2D eigenvalue weighted by atomic mass is 16.5. The molecule has 0 saturated carbocycles. The molecule has 4 nitrogen and oxygen atoms in total. The van der Waals surface area contributed by atoms with E-state index in [2.05, 4.69) is 10.1 Å². The van der Waals surface area contributed by atoms with Crippen LogP contribution in [0.4, 0.5) is 4.79 Å². The van der Waals surface area contributed by atoms with Crippen LogP contribution in [0, 0.1) is 0 Å². The van der Waals surface area contributed by atoms with Crippen molar-refractivity contribution in [3.05, 3.63) is 0 Å². The van der Waals surface area contributed by atoms with Gasteiger partial charge in [0.1, 0.15) is 0 Å². The third-order valence-electron chi connectivity index (χ3n) is 1.52. The van der Waals surface area contributed by atoms with Crippen LogP contribution in [0.25, 0.3) is 0 Å². The molecule has 3 N–H and O–H groups in total. The molecule has 66 valence electrons. The van der Waals surface area contributed by atoms with Crippen molar-refractivity contribution in [2.45, 2.75) is 25.8 Å². The Morgan fingerprint density at radius 1 is 1.73 bits per heavy atom. The molecule has 0 heterocycles. The molecule has 0 radical (unpaired) electrons. The summed E-state index contributed by atoms with van der Waals surface area (Å²) >= 11 is 0. The van der Waals surface area contributed by atoms with E-state index in [-0.39, 0.29) is 12.1 Å². The molecule has 0 spiro atoms. The van der Waals surface area contributed by atoms with E-state index >= 15 is 0 Å². The van der Waals surface area contributed by atoms with Crippen molar-refractivity contribution >= 4 is 6.09 Å². The largest absolute Gasteiger partial charge is 0.453 e. The molecule has 1 atom stereocenters. The fraction of sp³-hybridized carbons (Fsp3) is 0.857. The van der Waals surface area contributed by atoms with Crippen LogP contribution in [0.15, 0.2) is 0 Å². The highest BCUT2D eigenvalue weighted by Gasteiger charge is 2.07. The summed E-state index contributed by atoms with van der Waals surface area (Å²) in [6.07, 6.45) is 1.29. The van der Waals surface area contributed by atoms with Gasteiger partial charge >= 0.3 is 6.09 Å². The van der Waals surface area contributed by atoms with Gasteiger partial charge in [-0.05, 0) is 19.4 Å². The summed E-state index contributed by atoms with van der Waals surface area (Å²) in [4.78, 5) is 10.7. The molecule has 1 unspecified atom stereocenters. The van der Waals surface area contributed by atoms with Gasteiger partial charge in [0, 0.05) is 6.04 Å². The van der Waals surface area contributed by atoms with Crippen LogP contribution in [-0.2, 0) is 4.74 Å². The van der Waals surface area contributed by atoms with Crippen molar-refractivity contribution in [1.82, 2.24) is 5.32 Å². The van der Waals surface area contributed by atoms with Crippen LogP contribution >= 0.6 is 0 Å². The number of hydrogen-bond acceptors (Lipinski definition) is 3. The van der Waals surface area contributed by atoms with Crippen molar-refractivity contribution in [1.29, 1.82) is 0 Å². The van der Waals surface area contributed by atoms with E-state index in [1.54, 1.807) is 0 Å². The minimum Gasteiger partial charge on any atom is -0.453 e. The number of rotatable bonds is 4. The molecule has 0 aromatic heterocycles.